The summed E-state index contributed by atoms with van der Waals surface area (Å²) in [5, 5.41) is 5.67. The van der Waals surface area contributed by atoms with Crippen LogP contribution in [0.25, 0.3) is 0 Å². The Morgan fingerprint density at radius 2 is 1.70 bits per heavy atom. The van der Waals surface area contributed by atoms with Crippen LogP contribution in [0.4, 0.5) is 5.69 Å². The Balaban J connectivity index is 1.77. The van der Waals surface area contributed by atoms with E-state index < -0.39 is 18.5 Å². The van der Waals surface area contributed by atoms with Gasteiger partial charge in [0.2, 0.25) is 0 Å². The lowest BCUT2D eigenvalue weighted by Crippen LogP contribution is -2.32. The van der Waals surface area contributed by atoms with Crippen molar-refractivity contribution in [2.45, 2.75) is 20.8 Å². The molecule has 2 amide bonds. The number of carbonyl (C=O) groups excluding carboxylic acids is 3. The quantitative estimate of drug-likeness (QED) is 0.744. The van der Waals surface area contributed by atoms with Crippen LogP contribution in [0, 0.1) is 20.8 Å². The molecule has 0 saturated carbocycles. The highest BCUT2D eigenvalue weighted by Gasteiger charge is 2.12. The van der Waals surface area contributed by atoms with Crippen molar-refractivity contribution >= 4 is 35.1 Å². The minimum atomic E-state index is -0.699. The van der Waals surface area contributed by atoms with E-state index in [0.717, 1.165) is 16.7 Å². The molecule has 0 atom stereocenters. The summed E-state index contributed by atoms with van der Waals surface area (Å²) in [5.74, 6) is -1.55. The van der Waals surface area contributed by atoms with Crippen LogP contribution in [-0.4, -0.2) is 30.9 Å². The molecule has 142 valence electrons. The first-order valence-corrected chi connectivity index (χ1v) is 8.71. The normalized spacial score (nSPS) is 10.2. The molecular weight excluding hydrogens is 368 g/mol. The van der Waals surface area contributed by atoms with E-state index in [2.05, 4.69) is 10.6 Å². The molecule has 2 N–H and O–H groups in total. The van der Waals surface area contributed by atoms with E-state index in [1.54, 1.807) is 37.3 Å². The summed E-state index contributed by atoms with van der Waals surface area (Å²) in [7, 11) is 0. The molecule has 0 spiro atoms. The van der Waals surface area contributed by atoms with Crippen LogP contribution < -0.4 is 10.6 Å². The second-order valence-corrected chi connectivity index (χ2v) is 6.59. The number of nitrogens with one attached hydrogen (secondary N) is 2. The molecule has 0 aliphatic rings. The number of ether oxygens (including phenoxy) is 1. The van der Waals surface area contributed by atoms with E-state index in [1.807, 2.05) is 19.9 Å². The topological polar surface area (TPSA) is 84.5 Å². The molecule has 2 rings (SSSR count). The zero-order valence-electron chi connectivity index (χ0n) is 15.4. The molecule has 0 bridgehead atoms. The van der Waals surface area contributed by atoms with Crippen molar-refractivity contribution in [3.63, 3.8) is 0 Å². The first-order chi connectivity index (χ1) is 12.8. The summed E-state index contributed by atoms with van der Waals surface area (Å²) in [5.41, 5.74) is 3.90. The molecular formula is C20H21ClN2O4. The molecule has 27 heavy (non-hydrogen) atoms. The number of aryl methyl sites for hydroxylation is 3. The predicted octanol–water partition coefficient (Wildman–Crippen LogP) is 3.18. The third kappa shape index (κ3) is 6.11. The smallest absolute Gasteiger partial charge is 0.325 e. The van der Waals surface area contributed by atoms with Crippen molar-refractivity contribution in [3.05, 3.63) is 63.7 Å². The number of hydrogen-bond donors (Lipinski definition) is 2. The Morgan fingerprint density at radius 1 is 0.963 bits per heavy atom. The van der Waals surface area contributed by atoms with Gasteiger partial charge in [-0.1, -0.05) is 17.7 Å². The lowest BCUT2D eigenvalue weighted by molar-refractivity contribution is -0.146. The molecule has 6 nitrogen and oxygen atoms in total. The van der Waals surface area contributed by atoms with E-state index in [9.17, 15) is 14.4 Å². The fraction of sp³-hybridized carbons (Fsp3) is 0.250. The van der Waals surface area contributed by atoms with E-state index in [0.29, 0.717) is 16.3 Å². The van der Waals surface area contributed by atoms with E-state index >= 15 is 0 Å². The summed E-state index contributed by atoms with van der Waals surface area (Å²) >= 11 is 5.86. The Bertz CT molecular complexity index is 880. The van der Waals surface area contributed by atoms with Gasteiger partial charge in [0.05, 0.1) is 0 Å². The maximum atomic E-state index is 12.0. The highest BCUT2D eigenvalue weighted by atomic mass is 35.5. The zero-order chi connectivity index (χ0) is 20.0. The van der Waals surface area contributed by atoms with Crippen molar-refractivity contribution in [1.82, 2.24) is 5.32 Å². The SMILES string of the molecule is Cc1ccc(C(=O)NCC(=O)OCC(=O)Nc2ccc(Cl)cc2C)cc1C. The number of amides is 2. The van der Waals surface area contributed by atoms with E-state index in [4.69, 9.17) is 16.3 Å². The first-order valence-electron chi connectivity index (χ1n) is 8.33. The largest absolute Gasteiger partial charge is 0.454 e. The van der Waals surface area contributed by atoms with Crippen LogP contribution in [0.3, 0.4) is 0 Å². The van der Waals surface area contributed by atoms with Crippen LogP contribution in [0.5, 0.6) is 0 Å². The van der Waals surface area contributed by atoms with E-state index in [1.165, 1.54) is 0 Å². The van der Waals surface area contributed by atoms with Gasteiger partial charge in [-0.15, -0.1) is 0 Å². The number of carbonyl (C=O) groups is 3. The Morgan fingerprint density at radius 3 is 2.37 bits per heavy atom. The van der Waals surface area contributed by atoms with Crippen LogP contribution in [0.2, 0.25) is 5.02 Å². The van der Waals surface area contributed by atoms with E-state index in [-0.39, 0.29) is 12.5 Å². The molecule has 0 heterocycles. The van der Waals surface area contributed by atoms with Gasteiger partial charge in [0.25, 0.3) is 11.8 Å². The monoisotopic (exact) mass is 388 g/mol. The van der Waals surface area contributed by atoms with Gasteiger partial charge in [-0.2, -0.15) is 0 Å². The number of halogens is 1. The minimum Gasteiger partial charge on any atom is -0.454 e. The highest BCUT2D eigenvalue weighted by Crippen LogP contribution is 2.19. The fourth-order valence-corrected chi connectivity index (χ4v) is 2.51. The van der Waals surface area contributed by atoms with Crippen molar-refractivity contribution in [2.75, 3.05) is 18.5 Å². The standard InChI is InChI=1S/C20H21ClN2O4/c1-12-4-5-15(8-13(12)2)20(26)22-10-19(25)27-11-18(24)23-17-7-6-16(21)9-14(17)3/h4-9H,10-11H2,1-3H3,(H,22,26)(H,23,24). The second kappa shape index (κ2) is 9.19. The minimum absolute atomic E-state index is 0.320. The maximum absolute atomic E-state index is 12.0. The van der Waals surface area contributed by atoms with Crippen LogP contribution >= 0.6 is 11.6 Å². The summed E-state index contributed by atoms with van der Waals surface area (Å²) in [6.07, 6.45) is 0. The van der Waals surface area contributed by atoms with Crippen molar-refractivity contribution in [1.29, 1.82) is 0 Å². The molecule has 0 saturated heterocycles. The fourth-order valence-electron chi connectivity index (χ4n) is 2.29. The molecule has 0 radical (unpaired) electrons. The number of rotatable bonds is 6. The van der Waals surface area contributed by atoms with Gasteiger partial charge < -0.3 is 15.4 Å². The second-order valence-electron chi connectivity index (χ2n) is 6.15. The summed E-state index contributed by atoms with van der Waals surface area (Å²) in [6.45, 7) is 4.89. The molecule has 2 aromatic rings. The first kappa shape index (κ1) is 20.5. The molecule has 0 unspecified atom stereocenters. The van der Waals surface area contributed by atoms with Gasteiger partial charge in [0.15, 0.2) is 6.61 Å². The summed E-state index contributed by atoms with van der Waals surface area (Å²) in [4.78, 5) is 35.7. The molecule has 2 aromatic carbocycles. The predicted molar refractivity (Wildman–Crippen MR) is 104 cm³/mol. The van der Waals surface area contributed by atoms with Crippen LogP contribution in [0.1, 0.15) is 27.0 Å². The number of hydrogen-bond acceptors (Lipinski definition) is 4. The molecule has 0 aliphatic heterocycles. The summed E-state index contributed by atoms with van der Waals surface area (Å²) in [6, 6.07) is 10.3. The number of esters is 1. The molecule has 7 heteroatoms. The average molecular weight is 389 g/mol. The maximum Gasteiger partial charge on any atom is 0.325 e. The Labute approximate surface area is 162 Å². The number of benzene rings is 2. The molecule has 0 aromatic heterocycles. The zero-order valence-corrected chi connectivity index (χ0v) is 16.1. The van der Waals surface area contributed by atoms with Crippen molar-refractivity contribution < 1.29 is 19.1 Å². The van der Waals surface area contributed by atoms with Crippen LogP contribution in [-0.2, 0) is 14.3 Å². The Kier molecular flexibility index (Phi) is 6.96. The number of anilines is 1. The third-order valence-electron chi connectivity index (χ3n) is 3.99. The lowest BCUT2D eigenvalue weighted by atomic mass is 10.1. The highest BCUT2D eigenvalue weighted by molar-refractivity contribution is 6.30. The molecule has 0 fully saturated rings. The summed E-state index contributed by atoms with van der Waals surface area (Å²) < 4.78 is 4.88. The Hall–Kier alpha value is -2.86. The third-order valence-corrected chi connectivity index (χ3v) is 4.22. The van der Waals surface area contributed by atoms with Crippen molar-refractivity contribution in [3.8, 4) is 0 Å². The van der Waals surface area contributed by atoms with Crippen LogP contribution in [0.15, 0.2) is 36.4 Å². The van der Waals surface area contributed by atoms with Crippen molar-refractivity contribution in [2.24, 2.45) is 0 Å². The van der Waals surface area contributed by atoms with Gasteiger partial charge >= 0.3 is 5.97 Å². The van der Waals surface area contributed by atoms with Gasteiger partial charge in [0.1, 0.15) is 6.54 Å². The average Bonchev–Trinajstić information content (AvgIpc) is 2.62. The van der Waals surface area contributed by atoms with Gasteiger partial charge in [-0.05, 0) is 67.8 Å². The van der Waals surface area contributed by atoms with Gasteiger partial charge in [-0.3, -0.25) is 14.4 Å². The van der Waals surface area contributed by atoms with Gasteiger partial charge in [0, 0.05) is 16.3 Å². The lowest BCUT2D eigenvalue weighted by Gasteiger charge is -2.10. The molecule has 0 aliphatic carbocycles. The van der Waals surface area contributed by atoms with Gasteiger partial charge in [-0.25, -0.2) is 0 Å².